The molecule has 0 bridgehead atoms. The van der Waals surface area contributed by atoms with Gasteiger partial charge in [-0.05, 0) is 51.5 Å². The molecule has 1 aromatic heterocycles. The number of carbonyl (C=O) groups is 3. The molecule has 1 unspecified atom stereocenters. The monoisotopic (exact) mass is 452 g/mol. The number of nitrogens with zero attached hydrogens (tertiary/aromatic N) is 1. The highest BCUT2D eigenvalue weighted by molar-refractivity contribution is 7.18. The molecule has 0 aliphatic heterocycles. The maximum atomic E-state index is 12.8. The highest BCUT2D eigenvalue weighted by atomic mass is 35.5. The topological polar surface area (TPSA) is 84.9 Å². The first kappa shape index (κ1) is 23.7. The number of ether oxygens (including phenoxy) is 2. The number of hydrogen-bond acceptors (Lipinski definition) is 6. The largest absolute Gasteiger partial charge is 0.481 e. The van der Waals surface area contributed by atoms with Crippen LogP contribution in [-0.4, -0.2) is 49.0 Å². The first-order valence-corrected chi connectivity index (χ1v) is 10.7. The molecule has 1 heterocycles. The number of esters is 1. The zero-order chi connectivity index (χ0) is 22.4. The van der Waals surface area contributed by atoms with Crippen molar-refractivity contribution in [2.75, 3.05) is 25.5 Å². The predicted molar refractivity (Wildman–Crippen MR) is 118 cm³/mol. The molecule has 2 amide bonds. The van der Waals surface area contributed by atoms with Crippen LogP contribution in [0.3, 0.4) is 0 Å². The van der Waals surface area contributed by atoms with Crippen LogP contribution in [0.1, 0.15) is 46.4 Å². The van der Waals surface area contributed by atoms with Crippen molar-refractivity contribution >= 4 is 45.7 Å². The van der Waals surface area contributed by atoms with E-state index in [0.717, 1.165) is 11.3 Å². The minimum absolute atomic E-state index is 0.168. The van der Waals surface area contributed by atoms with Crippen molar-refractivity contribution in [3.05, 3.63) is 45.3 Å². The molecule has 1 N–H and O–H groups in total. The minimum Gasteiger partial charge on any atom is -0.481 e. The second-order valence-corrected chi connectivity index (χ2v) is 7.89. The number of nitrogens with one attached hydrogen (secondary N) is 1. The minimum atomic E-state index is -0.863. The standard InChI is InChI=1S/C21H25ClN2O5S/c1-6-24(7-2)20(26)17-12(3)16(21(27)28-5)19(30-17)23-18(25)13(4)29-15-10-8-9-14(22)11-15/h8-11,13H,6-7H2,1-5H3,(H,23,25). The lowest BCUT2D eigenvalue weighted by atomic mass is 10.1. The van der Waals surface area contributed by atoms with Crippen molar-refractivity contribution < 1.29 is 23.9 Å². The summed E-state index contributed by atoms with van der Waals surface area (Å²) >= 11 is 6.99. The van der Waals surface area contributed by atoms with Crippen molar-refractivity contribution in [2.24, 2.45) is 0 Å². The van der Waals surface area contributed by atoms with Crippen molar-refractivity contribution in [3.63, 3.8) is 0 Å². The molecule has 0 aliphatic rings. The third kappa shape index (κ3) is 5.31. The molecule has 0 radical (unpaired) electrons. The molecule has 162 valence electrons. The lowest BCUT2D eigenvalue weighted by Crippen LogP contribution is -2.30. The number of thiophene rings is 1. The quantitative estimate of drug-likeness (QED) is 0.600. The van der Waals surface area contributed by atoms with Gasteiger partial charge in [0.25, 0.3) is 11.8 Å². The van der Waals surface area contributed by atoms with Gasteiger partial charge < -0.3 is 19.7 Å². The number of methoxy groups -OCH3 is 1. The molecule has 0 aliphatic carbocycles. The Labute approximate surface area is 184 Å². The van der Waals surface area contributed by atoms with Crippen LogP contribution in [0, 0.1) is 6.92 Å². The first-order valence-electron chi connectivity index (χ1n) is 9.47. The fraction of sp³-hybridized carbons (Fsp3) is 0.381. The fourth-order valence-corrected chi connectivity index (χ4v) is 4.17. The summed E-state index contributed by atoms with van der Waals surface area (Å²) in [5, 5.41) is 3.44. The Morgan fingerprint density at radius 1 is 1.23 bits per heavy atom. The van der Waals surface area contributed by atoms with Gasteiger partial charge in [-0.1, -0.05) is 17.7 Å². The van der Waals surface area contributed by atoms with Gasteiger partial charge in [-0.3, -0.25) is 9.59 Å². The van der Waals surface area contributed by atoms with E-state index in [1.165, 1.54) is 7.11 Å². The Kier molecular flexibility index (Phi) is 8.25. The molecule has 0 saturated heterocycles. The van der Waals surface area contributed by atoms with E-state index in [0.29, 0.717) is 34.3 Å². The number of amides is 2. The van der Waals surface area contributed by atoms with Crippen molar-refractivity contribution in [2.45, 2.75) is 33.8 Å². The van der Waals surface area contributed by atoms with Crippen molar-refractivity contribution in [3.8, 4) is 5.75 Å². The molecule has 2 rings (SSSR count). The van der Waals surface area contributed by atoms with Crippen LogP contribution in [0.2, 0.25) is 5.02 Å². The highest BCUT2D eigenvalue weighted by Crippen LogP contribution is 2.35. The zero-order valence-corrected chi connectivity index (χ0v) is 19.1. The van der Waals surface area contributed by atoms with Gasteiger partial charge in [-0.25, -0.2) is 4.79 Å². The van der Waals surface area contributed by atoms with Gasteiger partial charge in [0.2, 0.25) is 0 Å². The van der Waals surface area contributed by atoms with Gasteiger partial charge >= 0.3 is 5.97 Å². The van der Waals surface area contributed by atoms with Crippen LogP contribution >= 0.6 is 22.9 Å². The van der Waals surface area contributed by atoms with Gasteiger partial charge in [0.05, 0.1) is 17.6 Å². The molecule has 9 heteroatoms. The van der Waals surface area contributed by atoms with Gasteiger partial charge in [0.15, 0.2) is 6.10 Å². The molecule has 0 saturated carbocycles. The molecular weight excluding hydrogens is 428 g/mol. The molecule has 0 fully saturated rings. The van der Waals surface area contributed by atoms with Gasteiger partial charge in [-0.2, -0.15) is 0 Å². The number of anilines is 1. The summed E-state index contributed by atoms with van der Waals surface area (Å²) in [6, 6.07) is 6.70. The maximum absolute atomic E-state index is 12.8. The second-order valence-electron chi connectivity index (χ2n) is 6.44. The predicted octanol–water partition coefficient (Wildman–Crippen LogP) is 4.38. The fourth-order valence-electron chi connectivity index (χ4n) is 2.82. The summed E-state index contributed by atoms with van der Waals surface area (Å²) in [4.78, 5) is 39.9. The Balaban J connectivity index is 2.30. The van der Waals surface area contributed by atoms with E-state index < -0.39 is 18.0 Å². The Morgan fingerprint density at radius 2 is 1.90 bits per heavy atom. The summed E-state index contributed by atoms with van der Waals surface area (Å²) in [6.07, 6.45) is -0.863. The third-order valence-corrected chi connectivity index (χ3v) is 5.93. The van der Waals surface area contributed by atoms with E-state index in [1.807, 2.05) is 13.8 Å². The van der Waals surface area contributed by atoms with E-state index in [2.05, 4.69) is 5.32 Å². The van der Waals surface area contributed by atoms with Crippen LogP contribution in [0.5, 0.6) is 5.75 Å². The van der Waals surface area contributed by atoms with Crippen LogP contribution in [0.4, 0.5) is 5.00 Å². The van der Waals surface area contributed by atoms with Crippen LogP contribution < -0.4 is 10.1 Å². The molecule has 30 heavy (non-hydrogen) atoms. The zero-order valence-electron chi connectivity index (χ0n) is 17.6. The van der Waals surface area contributed by atoms with E-state index in [9.17, 15) is 14.4 Å². The number of hydrogen-bond donors (Lipinski definition) is 1. The normalized spacial score (nSPS) is 11.5. The summed E-state index contributed by atoms with van der Waals surface area (Å²) in [5.74, 6) is -0.848. The van der Waals surface area contributed by atoms with Crippen LogP contribution in [-0.2, 0) is 9.53 Å². The molecule has 7 nitrogen and oxygen atoms in total. The van der Waals surface area contributed by atoms with E-state index in [4.69, 9.17) is 21.1 Å². The lowest BCUT2D eigenvalue weighted by Gasteiger charge is -2.18. The molecule has 0 spiro atoms. The van der Waals surface area contributed by atoms with Crippen molar-refractivity contribution in [1.29, 1.82) is 0 Å². The Hall–Kier alpha value is -2.58. The summed E-state index contributed by atoms with van der Waals surface area (Å²) in [7, 11) is 1.25. The van der Waals surface area contributed by atoms with Gasteiger partial charge in [0.1, 0.15) is 10.8 Å². The lowest BCUT2D eigenvalue weighted by molar-refractivity contribution is -0.122. The highest BCUT2D eigenvalue weighted by Gasteiger charge is 2.29. The summed E-state index contributed by atoms with van der Waals surface area (Å²) in [5.41, 5.74) is 0.642. The smallest absolute Gasteiger partial charge is 0.341 e. The summed E-state index contributed by atoms with van der Waals surface area (Å²) < 4.78 is 10.5. The molecular formula is C21H25ClN2O5S. The van der Waals surface area contributed by atoms with E-state index in [-0.39, 0.29) is 16.5 Å². The number of benzene rings is 1. The Morgan fingerprint density at radius 3 is 2.47 bits per heavy atom. The average molecular weight is 453 g/mol. The van der Waals surface area contributed by atoms with E-state index in [1.54, 1.807) is 43.0 Å². The van der Waals surface area contributed by atoms with E-state index >= 15 is 0 Å². The number of carbonyl (C=O) groups excluding carboxylic acids is 3. The third-order valence-electron chi connectivity index (χ3n) is 4.50. The molecule has 2 aromatic rings. The summed E-state index contributed by atoms with van der Waals surface area (Å²) in [6.45, 7) is 8.07. The van der Waals surface area contributed by atoms with Gasteiger partial charge in [-0.15, -0.1) is 11.3 Å². The maximum Gasteiger partial charge on any atom is 0.341 e. The number of halogens is 1. The molecule has 1 atom stereocenters. The SMILES string of the molecule is CCN(CC)C(=O)c1sc(NC(=O)C(C)Oc2cccc(Cl)c2)c(C(=O)OC)c1C. The van der Waals surface area contributed by atoms with Crippen LogP contribution in [0.25, 0.3) is 0 Å². The second kappa shape index (κ2) is 10.4. The Bertz CT molecular complexity index is 939. The van der Waals surface area contributed by atoms with Crippen molar-refractivity contribution in [1.82, 2.24) is 4.90 Å². The first-order chi connectivity index (χ1) is 14.2. The molecule has 1 aromatic carbocycles. The average Bonchev–Trinajstić information content (AvgIpc) is 3.03. The van der Waals surface area contributed by atoms with Gasteiger partial charge in [0, 0.05) is 18.1 Å². The number of rotatable bonds is 8. The van der Waals surface area contributed by atoms with Crippen LogP contribution in [0.15, 0.2) is 24.3 Å².